The second-order valence-electron chi connectivity index (χ2n) is 5.34. The number of thioether (sulfide) groups is 1. The van der Waals surface area contributed by atoms with E-state index in [1.165, 1.54) is 16.4 Å². The summed E-state index contributed by atoms with van der Waals surface area (Å²) in [6, 6.07) is 15.2. The van der Waals surface area contributed by atoms with Gasteiger partial charge in [0.25, 0.3) is 0 Å². The molecule has 128 valence electrons. The number of rotatable bonds is 5. The number of carbonyl (C=O) groups excluding carboxylic acids is 1. The van der Waals surface area contributed by atoms with Crippen molar-refractivity contribution in [1.82, 2.24) is 14.9 Å². The molecule has 1 amide bonds. The van der Waals surface area contributed by atoms with Crippen LogP contribution in [0.2, 0.25) is 0 Å². The van der Waals surface area contributed by atoms with Crippen molar-refractivity contribution in [2.45, 2.75) is 12.1 Å². The predicted octanol–water partition coefficient (Wildman–Crippen LogP) is 3.46. The van der Waals surface area contributed by atoms with Gasteiger partial charge in [0.05, 0.1) is 5.75 Å². The molecule has 3 N–H and O–H groups in total. The third-order valence-corrected chi connectivity index (χ3v) is 5.30. The number of hydrogen-bond acceptors (Lipinski definition) is 5. The van der Waals surface area contributed by atoms with Crippen LogP contribution in [0.3, 0.4) is 0 Å². The molecular weight excluding hydrogens is 402 g/mol. The first-order valence-corrected chi connectivity index (χ1v) is 9.27. The highest BCUT2D eigenvalue weighted by Crippen LogP contribution is 2.22. The molecule has 3 rings (SSSR count). The molecule has 0 bridgehead atoms. The van der Waals surface area contributed by atoms with Crippen LogP contribution in [-0.4, -0.2) is 26.5 Å². The van der Waals surface area contributed by atoms with Gasteiger partial charge < -0.3 is 11.2 Å². The largest absolute Gasteiger partial charge is 0.335 e. The number of nitrogens with one attached hydrogen (secondary N) is 1. The molecule has 6 nitrogen and oxygen atoms in total. The van der Waals surface area contributed by atoms with E-state index in [0.29, 0.717) is 11.0 Å². The fourth-order valence-electron chi connectivity index (χ4n) is 2.21. The van der Waals surface area contributed by atoms with Gasteiger partial charge in [-0.25, -0.2) is 4.68 Å². The zero-order chi connectivity index (χ0) is 17.8. The molecule has 1 aromatic heterocycles. The zero-order valence-corrected chi connectivity index (χ0v) is 15.8. The van der Waals surface area contributed by atoms with Crippen molar-refractivity contribution < 1.29 is 4.79 Å². The SMILES string of the molecule is Cc1cc(NC(=O)CSc2nnc(-c3ccccc3)n2N)ccc1Br. The van der Waals surface area contributed by atoms with Crippen molar-refractivity contribution in [3.8, 4) is 11.4 Å². The van der Waals surface area contributed by atoms with Gasteiger partial charge in [-0.2, -0.15) is 0 Å². The highest BCUT2D eigenvalue weighted by molar-refractivity contribution is 9.10. The van der Waals surface area contributed by atoms with Gasteiger partial charge in [-0.1, -0.05) is 58.0 Å². The van der Waals surface area contributed by atoms with E-state index in [0.717, 1.165) is 21.3 Å². The van der Waals surface area contributed by atoms with Crippen molar-refractivity contribution in [2.75, 3.05) is 16.9 Å². The Balaban J connectivity index is 1.63. The van der Waals surface area contributed by atoms with Gasteiger partial charge >= 0.3 is 0 Å². The van der Waals surface area contributed by atoms with Crippen LogP contribution in [-0.2, 0) is 4.79 Å². The van der Waals surface area contributed by atoms with Crippen LogP contribution < -0.4 is 11.2 Å². The second-order valence-corrected chi connectivity index (χ2v) is 7.14. The maximum atomic E-state index is 12.1. The summed E-state index contributed by atoms with van der Waals surface area (Å²) in [6.07, 6.45) is 0. The molecule has 0 atom stereocenters. The Morgan fingerprint density at radius 3 is 2.72 bits per heavy atom. The summed E-state index contributed by atoms with van der Waals surface area (Å²) in [4.78, 5) is 12.1. The highest BCUT2D eigenvalue weighted by Gasteiger charge is 2.13. The molecule has 0 saturated carbocycles. The number of hydrogen-bond donors (Lipinski definition) is 2. The molecule has 0 spiro atoms. The third kappa shape index (κ3) is 4.21. The van der Waals surface area contributed by atoms with Gasteiger partial charge in [-0.3, -0.25) is 4.79 Å². The molecule has 0 aliphatic carbocycles. The van der Waals surface area contributed by atoms with E-state index in [1.54, 1.807) is 0 Å². The summed E-state index contributed by atoms with van der Waals surface area (Å²) >= 11 is 4.68. The topological polar surface area (TPSA) is 85.8 Å². The Hall–Kier alpha value is -2.32. The minimum atomic E-state index is -0.129. The van der Waals surface area contributed by atoms with Gasteiger partial charge in [-0.05, 0) is 30.7 Å². The fourth-order valence-corrected chi connectivity index (χ4v) is 3.11. The first kappa shape index (κ1) is 17.5. The number of carbonyl (C=O) groups is 1. The summed E-state index contributed by atoms with van der Waals surface area (Å²) in [6.45, 7) is 1.97. The summed E-state index contributed by atoms with van der Waals surface area (Å²) in [5, 5.41) is 11.5. The first-order valence-electron chi connectivity index (χ1n) is 7.49. The zero-order valence-electron chi connectivity index (χ0n) is 13.4. The molecule has 3 aromatic rings. The molecular formula is C17H16BrN5OS. The minimum Gasteiger partial charge on any atom is -0.335 e. The lowest BCUT2D eigenvalue weighted by Gasteiger charge is -2.07. The lowest BCUT2D eigenvalue weighted by Crippen LogP contribution is -2.16. The smallest absolute Gasteiger partial charge is 0.234 e. The summed E-state index contributed by atoms with van der Waals surface area (Å²) < 4.78 is 2.40. The molecule has 0 radical (unpaired) electrons. The standard InChI is InChI=1S/C17H16BrN5OS/c1-11-9-13(7-8-14(11)18)20-15(24)10-25-17-22-21-16(23(17)19)12-5-3-2-4-6-12/h2-9H,10,19H2,1H3,(H,20,24). The van der Waals surface area contributed by atoms with Gasteiger partial charge in [0.1, 0.15) is 0 Å². The van der Waals surface area contributed by atoms with Crippen LogP contribution in [0.4, 0.5) is 5.69 Å². The number of aryl methyl sites for hydroxylation is 1. The number of anilines is 1. The van der Waals surface area contributed by atoms with Gasteiger partial charge in [-0.15, -0.1) is 10.2 Å². The van der Waals surface area contributed by atoms with E-state index in [4.69, 9.17) is 5.84 Å². The molecule has 25 heavy (non-hydrogen) atoms. The maximum absolute atomic E-state index is 12.1. The third-order valence-electron chi connectivity index (χ3n) is 3.47. The Bertz CT molecular complexity index is 897. The van der Waals surface area contributed by atoms with E-state index < -0.39 is 0 Å². The summed E-state index contributed by atoms with van der Waals surface area (Å²) in [7, 11) is 0. The quantitative estimate of drug-likeness (QED) is 0.490. The molecule has 0 aliphatic heterocycles. The van der Waals surface area contributed by atoms with Crippen LogP contribution in [0.5, 0.6) is 0 Å². The van der Waals surface area contributed by atoms with Crippen LogP contribution in [0, 0.1) is 6.92 Å². The van der Waals surface area contributed by atoms with Crippen LogP contribution in [0.25, 0.3) is 11.4 Å². The first-order chi connectivity index (χ1) is 12.0. The number of aromatic nitrogens is 3. The van der Waals surface area contributed by atoms with Crippen LogP contribution >= 0.6 is 27.7 Å². The number of nitrogen functional groups attached to an aromatic ring is 1. The van der Waals surface area contributed by atoms with E-state index in [2.05, 4.69) is 31.4 Å². The van der Waals surface area contributed by atoms with Gasteiger partial charge in [0, 0.05) is 15.7 Å². The molecule has 1 heterocycles. The second kappa shape index (κ2) is 7.71. The Morgan fingerprint density at radius 2 is 2.00 bits per heavy atom. The number of amides is 1. The number of benzene rings is 2. The Kier molecular flexibility index (Phi) is 5.40. The van der Waals surface area contributed by atoms with E-state index in [9.17, 15) is 4.79 Å². The minimum absolute atomic E-state index is 0.129. The molecule has 8 heteroatoms. The molecule has 0 aliphatic rings. The fraction of sp³-hybridized carbons (Fsp3) is 0.118. The Labute approximate surface area is 157 Å². The number of nitrogens with zero attached hydrogens (tertiary/aromatic N) is 3. The van der Waals surface area contributed by atoms with E-state index in [-0.39, 0.29) is 11.7 Å². The van der Waals surface area contributed by atoms with Gasteiger partial charge in [0.15, 0.2) is 5.82 Å². The van der Waals surface area contributed by atoms with Crippen molar-refractivity contribution in [1.29, 1.82) is 0 Å². The summed E-state index contributed by atoms with van der Waals surface area (Å²) in [5.41, 5.74) is 2.68. The highest BCUT2D eigenvalue weighted by atomic mass is 79.9. The molecule has 0 fully saturated rings. The maximum Gasteiger partial charge on any atom is 0.234 e. The number of halogens is 1. The summed E-state index contributed by atoms with van der Waals surface area (Å²) in [5.74, 6) is 6.67. The monoisotopic (exact) mass is 417 g/mol. The van der Waals surface area contributed by atoms with E-state index >= 15 is 0 Å². The lowest BCUT2D eigenvalue weighted by atomic mass is 10.2. The predicted molar refractivity (Wildman–Crippen MR) is 104 cm³/mol. The van der Waals surface area contributed by atoms with Crippen LogP contribution in [0.15, 0.2) is 58.2 Å². The average Bonchev–Trinajstić information content (AvgIpc) is 2.98. The number of nitrogens with two attached hydrogens (primary N) is 1. The molecule has 2 aromatic carbocycles. The molecule has 0 saturated heterocycles. The van der Waals surface area contributed by atoms with Crippen molar-refractivity contribution in [2.24, 2.45) is 0 Å². The van der Waals surface area contributed by atoms with Crippen LogP contribution in [0.1, 0.15) is 5.56 Å². The van der Waals surface area contributed by atoms with Crippen molar-refractivity contribution in [3.63, 3.8) is 0 Å². The van der Waals surface area contributed by atoms with Gasteiger partial charge in [0.2, 0.25) is 11.1 Å². The lowest BCUT2D eigenvalue weighted by molar-refractivity contribution is -0.113. The van der Waals surface area contributed by atoms with Crippen molar-refractivity contribution >= 4 is 39.3 Å². The van der Waals surface area contributed by atoms with E-state index in [1.807, 2.05) is 55.5 Å². The van der Waals surface area contributed by atoms with Crippen molar-refractivity contribution in [3.05, 3.63) is 58.6 Å². The Morgan fingerprint density at radius 1 is 1.24 bits per heavy atom. The molecule has 0 unspecified atom stereocenters. The normalized spacial score (nSPS) is 10.6. The average molecular weight is 418 g/mol.